The number of nitrogens with one attached hydrogen (secondary N) is 3. The van der Waals surface area contributed by atoms with Crippen LogP contribution in [0, 0.1) is 6.92 Å². The van der Waals surface area contributed by atoms with Crippen molar-refractivity contribution in [3.63, 3.8) is 0 Å². The molecule has 0 radical (unpaired) electrons. The maximum absolute atomic E-state index is 13.0. The molecular formula is C30H39N9O3S. The van der Waals surface area contributed by atoms with Crippen LogP contribution in [0.1, 0.15) is 11.3 Å². The average Bonchev–Trinajstić information content (AvgIpc) is 3.41. The lowest BCUT2D eigenvalue weighted by atomic mass is 10.2. The number of benzene rings is 2. The predicted molar refractivity (Wildman–Crippen MR) is 169 cm³/mol. The molecule has 0 saturated carbocycles. The van der Waals surface area contributed by atoms with Crippen LogP contribution >= 0.6 is 0 Å². The van der Waals surface area contributed by atoms with Crippen LogP contribution in [-0.4, -0.2) is 98.9 Å². The molecule has 4 aromatic rings. The summed E-state index contributed by atoms with van der Waals surface area (Å²) in [7, 11) is 2.29. The molecule has 1 aliphatic heterocycles. The third kappa shape index (κ3) is 7.80. The van der Waals surface area contributed by atoms with Gasteiger partial charge >= 0.3 is 0 Å². The Bertz CT molecular complexity index is 1600. The van der Waals surface area contributed by atoms with E-state index in [0.717, 1.165) is 50.5 Å². The van der Waals surface area contributed by atoms with Crippen LogP contribution in [0.2, 0.25) is 0 Å². The minimum Gasteiger partial charge on any atom is -0.490 e. The van der Waals surface area contributed by atoms with Crippen LogP contribution in [0.15, 0.2) is 65.6 Å². The SMILES string of the molecule is COc1c(Nc2cc(C)[nH]n2)nc(Nc2ccc(S(=O)(=O)Cc3ccccc3)cc2)nc1N1CCN(CCN(C)C)CC1. The second-order valence-corrected chi connectivity index (χ2v) is 12.8. The highest BCUT2D eigenvalue weighted by Gasteiger charge is 2.25. The van der Waals surface area contributed by atoms with Gasteiger partial charge < -0.3 is 25.2 Å². The van der Waals surface area contributed by atoms with Crippen molar-refractivity contribution in [1.29, 1.82) is 0 Å². The number of H-pyrrole nitrogens is 1. The van der Waals surface area contributed by atoms with Crippen LogP contribution in [0.3, 0.4) is 0 Å². The number of aromatic nitrogens is 4. The molecule has 228 valence electrons. The van der Waals surface area contributed by atoms with Gasteiger partial charge in [-0.15, -0.1) is 0 Å². The highest BCUT2D eigenvalue weighted by atomic mass is 32.2. The first-order valence-corrected chi connectivity index (χ1v) is 15.9. The molecule has 0 atom stereocenters. The lowest BCUT2D eigenvalue weighted by Crippen LogP contribution is -2.48. The summed E-state index contributed by atoms with van der Waals surface area (Å²) in [6.07, 6.45) is 0. The van der Waals surface area contributed by atoms with Gasteiger partial charge in [-0.3, -0.25) is 10.00 Å². The highest BCUT2D eigenvalue weighted by Crippen LogP contribution is 2.36. The molecule has 2 aromatic heterocycles. The molecule has 1 saturated heterocycles. The number of aryl methyl sites for hydroxylation is 1. The molecule has 12 nitrogen and oxygen atoms in total. The second kappa shape index (κ2) is 13.4. The zero-order valence-electron chi connectivity index (χ0n) is 25.0. The number of ether oxygens (including phenoxy) is 1. The summed E-state index contributed by atoms with van der Waals surface area (Å²) in [4.78, 5) is 16.7. The van der Waals surface area contributed by atoms with Crippen LogP contribution in [0.25, 0.3) is 0 Å². The number of nitrogens with zero attached hydrogens (tertiary/aromatic N) is 6. The van der Waals surface area contributed by atoms with E-state index in [0.29, 0.717) is 34.8 Å². The van der Waals surface area contributed by atoms with Crippen molar-refractivity contribution in [2.45, 2.75) is 17.6 Å². The van der Waals surface area contributed by atoms with E-state index in [-0.39, 0.29) is 10.6 Å². The van der Waals surface area contributed by atoms with Crippen LogP contribution < -0.4 is 20.3 Å². The Labute approximate surface area is 253 Å². The number of hydrogen-bond donors (Lipinski definition) is 3. The summed E-state index contributed by atoms with van der Waals surface area (Å²) in [5.74, 6) is 2.56. The van der Waals surface area contributed by atoms with Gasteiger partial charge in [0, 0.05) is 56.7 Å². The summed E-state index contributed by atoms with van der Waals surface area (Å²) in [5.41, 5.74) is 2.31. The van der Waals surface area contributed by atoms with Crippen molar-refractivity contribution in [3.8, 4) is 5.75 Å². The number of likely N-dealkylation sites (N-methyl/N-ethyl adjacent to an activating group) is 1. The molecule has 3 N–H and O–H groups in total. The van der Waals surface area contributed by atoms with Gasteiger partial charge in [-0.2, -0.15) is 15.1 Å². The summed E-state index contributed by atoms with van der Waals surface area (Å²) in [6, 6.07) is 17.7. The average molecular weight is 606 g/mol. The second-order valence-electron chi connectivity index (χ2n) is 10.8. The van der Waals surface area contributed by atoms with Crippen molar-refractivity contribution >= 4 is 38.9 Å². The Morgan fingerprint density at radius 3 is 2.33 bits per heavy atom. The lowest BCUT2D eigenvalue weighted by Gasteiger charge is -2.36. The smallest absolute Gasteiger partial charge is 0.231 e. The van der Waals surface area contributed by atoms with E-state index in [1.54, 1.807) is 31.4 Å². The number of anilines is 5. The first-order chi connectivity index (χ1) is 20.7. The number of sulfone groups is 1. The minimum atomic E-state index is -3.49. The molecule has 0 aliphatic carbocycles. The molecule has 0 unspecified atom stereocenters. The standard InChI is InChI=1S/C30H39N9O3S/c1-22-20-26(36-35-22)32-28-27(42-4)29(39-18-16-38(17-19-39)15-14-37(2)3)34-30(33-28)31-24-10-12-25(13-11-24)43(40,41)21-23-8-6-5-7-9-23/h5-13,20H,14-19,21H2,1-4H3,(H3,31,32,33,34,35,36). The molecule has 2 aromatic carbocycles. The van der Waals surface area contributed by atoms with Gasteiger partial charge in [-0.25, -0.2) is 8.42 Å². The minimum absolute atomic E-state index is 0.0599. The predicted octanol–water partition coefficient (Wildman–Crippen LogP) is 3.66. The van der Waals surface area contributed by atoms with Crippen LogP contribution in [0.5, 0.6) is 5.75 Å². The number of piperazine rings is 1. The number of hydrogen-bond acceptors (Lipinski definition) is 11. The van der Waals surface area contributed by atoms with Crippen molar-refractivity contribution in [3.05, 3.63) is 71.9 Å². The van der Waals surface area contributed by atoms with Crippen molar-refractivity contribution in [2.24, 2.45) is 0 Å². The van der Waals surface area contributed by atoms with Gasteiger partial charge in [0.05, 0.1) is 17.8 Å². The zero-order chi connectivity index (χ0) is 30.4. The Hall–Kier alpha value is -4.20. The largest absolute Gasteiger partial charge is 0.490 e. The maximum Gasteiger partial charge on any atom is 0.231 e. The molecule has 1 aliphatic rings. The monoisotopic (exact) mass is 605 g/mol. The van der Waals surface area contributed by atoms with Crippen molar-refractivity contribution in [2.75, 3.05) is 76.0 Å². The third-order valence-corrected chi connectivity index (χ3v) is 8.91. The summed E-state index contributed by atoms with van der Waals surface area (Å²) >= 11 is 0. The number of aromatic amines is 1. The van der Waals surface area contributed by atoms with Gasteiger partial charge in [0.15, 0.2) is 27.3 Å². The molecule has 0 amide bonds. The van der Waals surface area contributed by atoms with Gasteiger partial charge in [-0.05, 0) is 50.8 Å². The van der Waals surface area contributed by atoms with Crippen LogP contribution in [-0.2, 0) is 15.6 Å². The third-order valence-electron chi connectivity index (χ3n) is 7.21. The van der Waals surface area contributed by atoms with E-state index in [1.165, 1.54) is 0 Å². The Morgan fingerprint density at radius 1 is 0.977 bits per heavy atom. The normalized spacial score (nSPS) is 14.2. The molecule has 0 bridgehead atoms. The molecule has 43 heavy (non-hydrogen) atoms. The highest BCUT2D eigenvalue weighted by molar-refractivity contribution is 7.90. The van der Waals surface area contributed by atoms with E-state index in [2.05, 4.69) is 49.6 Å². The fourth-order valence-electron chi connectivity index (χ4n) is 4.86. The van der Waals surface area contributed by atoms with E-state index < -0.39 is 9.84 Å². The summed E-state index contributed by atoms with van der Waals surface area (Å²) in [6.45, 7) is 7.33. The van der Waals surface area contributed by atoms with Crippen LogP contribution in [0.4, 0.5) is 29.1 Å². The van der Waals surface area contributed by atoms with Crippen molar-refractivity contribution in [1.82, 2.24) is 30.0 Å². The fourth-order valence-corrected chi connectivity index (χ4v) is 6.21. The Balaban J connectivity index is 1.39. The molecular weight excluding hydrogens is 566 g/mol. The van der Waals surface area contributed by atoms with E-state index in [1.807, 2.05) is 43.3 Å². The van der Waals surface area contributed by atoms with Gasteiger partial charge in [0.25, 0.3) is 0 Å². The van der Waals surface area contributed by atoms with Gasteiger partial charge in [0.1, 0.15) is 0 Å². The topological polar surface area (TPSA) is 132 Å². The van der Waals surface area contributed by atoms with Gasteiger partial charge in [0.2, 0.25) is 11.7 Å². The number of methoxy groups -OCH3 is 1. The van der Waals surface area contributed by atoms with E-state index in [9.17, 15) is 8.42 Å². The van der Waals surface area contributed by atoms with Crippen molar-refractivity contribution < 1.29 is 13.2 Å². The first-order valence-electron chi connectivity index (χ1n) is 14.2. The summed E-state index contributed by atoms with van der Waals surface area (Å²) < 4.78 is 31.8. The summed E-state index contributed by atoms with van der Waals surface area (Å²) in [5, 5.41) is 13.7. The number of rotatable bonds is 12. The molecule has 1 fully saturated rings. The van der Waals surface area contributed by atoms with E-state index in [4.69, 9.17) is 14.7 Å². The fraction of sp³-hybridized carbons (Fsp3) is 0.367. The molecule has 5 rings (SSSR count). The Morgan fingerprint density at radius 2 is 1.70 bits per heavy atom. The maximum atomic E-state index is 13.0. The molecule has 3 heterocycles. The quantitative estimate of drug-likeness (QED) is 0.219. The van der Waals surface area contributed by atoms with Gasteiger partial charge in [-0.1, -0.05) is 30.3 Å². The lowest BCUT2D eigenvalue weighted by molar-refractivity contribution is 0.228. The zero-order valence-corrected chi connectivity index (χ0v) is 25.9. The van der Waals surface area contributed by atoms with E-state index >= 15 is 0 Å². The Kier molecular flexibility index (Phi) is 9.43. The molecule has 0 spiro atoms. The first kappa shape index (κ1) is 30.3. The molecule has 13 heteroatoms.